The molecule has 9 heteroatoms. The van der Waals surface area contributed by atoms with E-state index in [2.05, 4.69) is 35.8 Å². The molecule has 4 fully saturated rings. The molecule has 1 unspecified atom stereocenters. The summed E-state index contributed by atoms with van der Waals surface area (Å²) in [4.78, 5) is 30.5. The molecular formula is C36H44N6O3. The molecule has 0 radical (unpaired) electrons. The predicted molar refractivity (Wildman–Crippen MR) is 174 cm³/mol. The molecule has 2 aliphatic carbocycles. The summed E-state index contributed by atoms with van der Waals surface area (Å²) in [6, 6.07) is 12.9. The number of nitrogens with zero attached hydrogens (tertiary/aromatic N) is 5. The molecule has 9 nitrogen and oxygen atoms in total. The molecule has 2 amide bonds. The predicted octanol–water partition coefficient (Wildman–Crippen LogP) is 4.71. The number of nitrogens with two attached hydrogens (primary N) is 1. The maximum atomic E-state index is 13.3. The molecule has 0 spiro atoms. The number of rotatable bonds is 6. The van der Waals surface area contributed by atoms with Crippen molar-refractivity contribution in [2.24, 2.45) is 17.6 Å². The lowest BCUT2D eigenvalue weighted by Gasteiger charge is -2.42. The molecular weight excluding hydrogens is 564 g/mol. The van der Waals surface area contributed by atoms with E-state index in [9.17, 15) is 14.7 Å². The van der Waals surface area contributed by atoms with Gasteiger partial charge in [-0.25, -0.2) is 4.52 Å². The van der Waals surface area contributed by atoms with Gasteiger partial charge in [-0.1, -0.05) is 18.2 Å². The summed E-state index contributed by atoms with van der Waals surface area (Å²) < 4.78 is 4.37. The fourth-order valence-corrected chi connectivity index (χ4v) is 7.98. The summed E-state index contributed by atoms with van der Waals surface area (Å²) >= 11 is 0. The van der Waals surface area contributed by atoms with Crippen molar-refractivity contribution in [3.05, 3.63) is 59.3 Å². The Bertz CT molecular complexity index is 1770. The first kappa shape index (κ1) is 28.8. The van der Waals surface area contributed by atoms with Crippen molar-refractivity contribution >= 4 is 28.2 Å². The SMILES string of the molecule is Cc1c(-c2cc3cccc(C4CN(C(=O)C5CCC(O)CC5)C4)c3n2CC2CC2)nn2cc(C(=O)N3CCCC(N)C3)ccc12. The third-order valence-electron chi connectivity index (χ3n) is 10.9. The van der Waals surface area contributed by atoms with Gasteiger partial charge in [0.1, 0.15) is 5.69 Å². The minimum Gasteiger partial charge on any atom is -0.393 e. The Balaban J connectivity index is 1.11. The molecule has 1 atom stereocenters. The first-order valence-corrected chi connectivity index (χ1v) is 17.0. The summed E-state index contributed by atoms with van der Waals surface area (Å²) in [5.41, 5.74) is 13.6. The number of carbonyl (C=O) groups excluding carboxylic acids is 2. The molecule has 4 aromatic rings. The van der Waals surface area contributed by atoms with Crippen LogP contribution >= 0.6 is 0 Å². The van der Waals surface area contributed by atoms with E-state index in [-0.39, 0.29) is 29.9 Å². The van der Waals surface area contributed by atoms with Gasteiger partial charge in [0.2, 0.25) is 5.91 Å². The average Bonchev–Trinajstić information content (AvgIpc) is 3.69. The molecule has 8 rings (SSSR count). The summed E-state index contributed by atoms with van der Waals surface area (Å²) in [5, 5.41) is 16.2. The number of pyridine rings is 1. The van der Waals surface area contributed by atoms with Crippen LogP contribution in [0.5, 0.6) is 0 Å². The van der Waals surface area contributed by atoms with Gasteiger partial charge < -0.3 is 25.2 Å². The van der Waals surface area contributed by atoms with E-state index >= 15 is 0 Å². The van der Waals surface area contributed by atoms with E-state index in [0.717, 1.165) is 87.2 Å². The van der Waals surface area contributed by atoms with Gasteiger partial charge >= 0.3 is 0 Å². The number of fused-ring (bicyclic) bond motifs is 2. The van der Waals surface area contributed by atoms with Gasteiger partial charge in [0.15, 0.2) is 0 Å². The lowest BCUT2D eigenvalue weighted by atomic mass is 9.83. The molecule has 1 aromatic carbocycles. The first-order valence-electron chi connectivity index (χ1n) is 17.0. The number of aliphatic hydroxyl groups is 1. The highest BCUT2D eigenvalue weighted by atomic mass is 16.3. The van der Waals surface area contributed by atoms with Crippen LogP contribution in [0.1, 0.15) is 78.8 Å². The Morgan fingerprint density at radius 1 is 0.978 bits per heavy atom. The summed E-state index contributed by atoms with van der Waals surface area (Å²) in [6.07, 6.45) is 9.09. The van der Waals surface area contributed by atoms with Crippen LogP contribution in [0.2, 0.25) is 0 Å². The highest BCUT2D eigenvalue weighted by molar-refractivity contribution is 5.95. The molecule has 5 heterocycles. The van der Waals surface area contributed by atoms with Crippen LogP contribution in [0.25, 0.3) is 27.8 Å². The molecule has 0 bridgehead atoms. The highest BCUT2D eigenvalue weighted by Gasteiger charge is 2.38. The Hall–Kier alpha value is -3.69. The molecule has 2 aliphatic heterocycles. The van der Waals surface area contributed by atoms with E-state index in [1.807, 2.05) is 32.6 Å². The lowest BCUT2D eigenvalue weighted by Crippen LogP contribution is -2.51. The maximum Gasteiger partial charge on any atom is 0.255 e. The second kappa shape index (κ2) is 11.3. The van der Waals surface area contributed by atoms with Crippen LogP contribution in [0.4, 0.5) is 0 Å². The van der Waals surface area contributed by atoms with Crippen LogP contribution in [-0.4, -0.2) is 79.2 Å². The monoisotopic (exact) mass is 608 g/mol. The minimum absolute atomic E-state index is 0.0170. The second-order valence-electron chi connectivity index (χ2n) is 14.2. The molecule has 3 aromatic heterocycles. The number of aryl methyl sites for hydroxylation is 1. The fourth-order valence-electron chi connectivity index (χ4n) is 7.98. The van der Waals surface area contributed by atoms with Crippen molar-refractivity contribution in [1.82, 2.24) is 24.0 Å². The number of hydrogen-bond acceptors (Lipinski definition) is 5. The number of benzene rings is 1. The average molecular weight is 609 g/mol. The maximum absolute atomic E-state index is 13.3. The molecule has 45 heavy (non-hydrogen) atoms. The third-order valence-corrected chi connectivity index (χ3v) is 10.9. The zero-order valence-electron chi connectivity index (χ0n) is 26.2. The standard InChI is InChI=1S/C36H44N6O3/c1-22-31-14-11-26(36(45)39-15-3-5-28(37)21-39)20-42(31)38-33(22)32-16-25-4-2-6-30(34(25)41(32)17-23-7-8-23)27-18-40(19-27)35(44)24-9-12-29(43)13-10-24/h2,4,6,11,14,16,20,23-24,27-29,43H,3,5,7-10,12-13,15,17-19,21,37H2,1H3. The van der Waals surface area contributed by atoms with Crippen molar-refractivity contribution in [2.45, 2.75) is 82.9 Å². The van der Waals surface area contributed by atoms with E-state index in [0.29, 0.717) is 23.9 Å². The molecule has 236 valence electrons. The van der Waals surface area contributed by atoms with Gasteiger partial charge in [-0.2, -0.15) is 5.10 Å². The Morgan fingerprint density at radius 2 is 1.78 bits per heavy atom. The zero-order valence-corrected chi connectivity index (χ0v) is 26.2. The number of likely N-dealkylation sites (tertiary alicyclic amines) is 2. The number of aliphatic hydroxyl groups excluding tert-OH is 1. The number of para-hydroxylation sites is 1. The highest BCUT2D eigenvalue weighted by Crippen LogP contribution is 2.41. The van der Waals surface area contributed by atoms with E-state index in [1.165, 1.54) is 29.3 Å². The van der Waals surface area contributed by atoms with Gasteiger partial charge in [0.25, 0.3) is 5.91 Å². The second-order valence-corrected chi connectivity index (χ2v) is 14.2. The smallest absolute Gasteiger partial charge is 0.255 e. The quantitative estimate of drug-likeness (QED) is 0.330. The van der Waals surface area contributed by atoms with Crippen molar-refractivity contribution in [2.75, 3.05) is 26.2 Å². The molecule has 2 saturated heterocycles. The van der Waals surface area contributed by atoms with Crippen LogP contribution in [0, 0.1) is 18.8 Å². The van der Waals surface area contributed by atoms with Gasteiger partial charge in [0, 0.05) is 67.7 Å². The Morgan fingerprint density at radius 3 is 2.53 bits per heavy atom. The topological polar surface area (TPSA) is 109 Å². The van der Waals surface area contributed by atoms with Crippen LogP contribution in [0.15, 0.2) is 42.6 Å². The van der Waals surface area contributed by atoms with Crippen LogP contribution in [-0.2, 0) is 11.3 Å². The normalized spacial score (nSPS) is 24.4. The van der Waals surface area contributed by atoms with Crippen molar-refractivity contribution in [3.63, 3.8) is 0 Å². The van der Waals surface area contributed by atoms with Crippen molar-refractivity contribution in [1.29, 1.82) is 0 Å². The fraction of sp³-hybridized carbons (Fsp3) is 0.528. The Labute approximate surface area is 264 Å². The summed E-state index contributed by atoms with van der Waals surface area (Å²) in [7, 11) is 0. The molecule has 4 aliphatic rings. The zero-order chi connectivity index (χ0) is 30.8. The third kappa shape index (κ3) is 5.23. The van der Waals surface area contributed by atoms with Crippen LogP contribution < -0.4 is 5.73 Å². The van der Waals surface area contributed by atoms with Gasteiger partial charge in [-0.05, 0) is 88.0 Å². The number of hydrogen-bond donors (Lipinski definition) is 2. The minimum atomic E-state index is -0.246. The summed E-state index contributed by atoms with van der Waals surface area (Å²) in [6.45, 7) is 5.95. The van der Waals surface area contributed by atoms with Gasteiger partial charge in [0.05, 0.1) is 28.4 Å². The lowest BCUT2D eigenvalue weighted by molar-refractivity contribution is -0.141. The molecule has 3 N–H and O–H groups in total. The number of amides is 2. The number of aromatic nitrogens is 3. The van der Waals surface area contributed by atoms with E-state index in [1.54, 1.807) is 0 Å². The number of piperidine rings is 1. The van der Waals surface area contributed by atoms with E-state index in [4.69, 9.17) is 10.8 Å². The largest absolute Gasteiger partial charge is 0.393 e. The van der Waals surface area contributed by atoms with Gasteiger partial charge in [-0.15, -0.1) is 0 Å². The number of carbonyl (C=O) groups is 2. The van der Waals surface area contributed by atoms with Crippen molar-refractivity contribution < 1.29 is 14.7 Å². The molecule has 2 saturated carbocycles. The summed E-state index contributed by atoms with van der Waals surface area (Å²) in [5.74, 6) is 1.32. The Kier molecular flexibility index (Phi) is 7.21. The van der Waals surface area contributed by atoms with Gasteiger partial charge in [-0.3, -0.25) is 9.59 Å². The van der Waals surface area contributed by atoms with Crippen LogP contribution in [0.3, 0.4) is 0 Å². The van der Waals surface area contributed by atoms with E-state index < -0.39 is 0 Å². The first-order chi connectivity index (χ1) is 21.8. The van der Waals surface area contributed by atoms with Crippen molar-refractivity contribution in [3.8, 4) is 11.4 Å².